The van der Waals surface area contributed by atoms with Crippen molar-refractivity contribution in [3.8, 4) is 28.7 Å². The summed E-state index contributed by atoms with van der Waals surface area (Å²) in [5, 5.41) is 6.47. The number of hydrogen-bond acceptors (Lipinski definition) is 4. The van der Waals surface area contributed by atoms with Gasteiger partial charge in [0.1, 0.15) is 12.4 Å². The number of rotatable bonds is 9. The van der Waals surface area contributed by atoms with Crippen LogP contribution >= 0.6 is 22.7 Å². The van der Waals surface area contributed by atoms with Gasteiger partial charge in [-0.25, -0.2) is 0 Å². The van der Waals surface area contributed by atoms with Crippen molar-refractivity contribution in [3.05, 3.63) is 80.7 Å². The van der Waals surface area contributed by atoms with E-state index >= 15 is 0 Å². The fraction of sp³-hybridized carbons (Fsp3) is 0.286. The lowest BCUT2D eigenvalue weighted by Gasteiger charge is -2.07. The van der Waals surface area contributed by atoms with Crippen LogP contribution in [0.4, 0.5) is 0 Å². The van der Waals surface area contributed by atoms with Crippen molar-refractivity contribution in [1.29, 1.82) is 0 Å². The van der Waals surface area contributed by atoms with Crippen molar-refractivity contribution in [3.63, 3.8) is 0 Å². The Hall–Kier alpha value is -2.58. The van der Waals surface area contributed by atoms with E-state index in [0.717, 1.165) is 17.7 Å². The molecule has 1 aromatic carbocycles. The molecule has 0 unspecified atom stereocenters. The van der Waals surface area contributed by atoms with Crippen molar-refractivity contribution in [2.24, 2.45) is 5.41 Å². The third-order valence-electron chi connectivity index (χ3n) is 4.48. The third kappa shape index (κ3) is 8.16. The van der Waals surface area contributed by atoms with Crippen molar-refractivity contribution >= 4 is 28.7 Å². The molecular formula is C28H30O2S2. The molecule has 2 aromatic heterocycles. The molecule has 2 heterocycles. The van der Waals surface area contributed by atoms with Gasteiger partial charge in [0.05, 0.1) is 6.61 Å². The molecule has 166 valence electrons. The molecule has 2 nitrogen and oxygen atoms in total. The second-order valence-corrected chi connectivity index (χ2v) is 10.3. The first-order valence-corrected chi connectivity index (χ1v) is 12.4. The standard InChI is InChI=1S/C28H30O2S2/c1-28(2,3)13-7-5-6-9-23(18-29-4)15-22-10-8-11-26(16-22)30-19-27-17-25(21-32-27)24-12-14-31-20-24/h5-6,8,10-12,14-17,20-21H,9,18-19H2,1-4H3/b6-5+,23-15+. The summed E-state index contributed by atoms with van der Waals surface area (Å²) in [7, 11) is 1.72. The average Bonchev–Trinajstić information content (AvgIpc) is 3.43. The topological polar surface area (TPSA) is 18.5 Å². The fourth-order valence-corrected chi connectivity index (χ4v) is 4.46. The third-order valence-corrected chi connectivity index (χ3v) is 6.07. The zero-order valence-corrected chi connectivity index (χ0v) is 20.8. The van der Waals surface area contributed by atoms with Gasteiger partial charge in [0, 0.05) is 17.4 Å². The highest BCUT2D eigenvalue weighted by Crippen LogP contribution is 2.28. The number of thiophene rings is 2. The second kappa shape index (κ2) is 11.9. The second-order valence-electron chi connectivity index (χ2n) is 8.54. The molecule has 0 bridgehead atoms. The van der Waals surface area contributed by atoms with Gasteiger partial charge in [-0.15, -0.1) is 11.3 Å². The quantitative estimate of drug-likeness (QED) is 0.299. The fourth-order valence-electron chi connectivity index (χ4n) is 2.99. The first-order chi connectivity index (χ1) is 15.4. The van der Waals surface area contributed by atoms with Gasteiger partial charge in [-0.3, -0.25) is 0 Å². The normalized spacial score (nSPS) is 12.1. The van der Waals surface area contributed by atoms with E-state index in [9.17, 15) is 0 Å². The molecule has 0 atom stereocenters. The molecule has 0 amide bonds. The largest absolute Gasteiger partial charge is 0.488 e. The number of hydrogen-bond donors (Lipinski definition) is 0. The maximum atomic E-state index is 6.07. The van der Waals surface area contributed by atoms with Gasteiger partial charge in [-0.05, 0) is 95.9 Å². The maximum absolute atomic E-state index is 6.07. The summed E-state index contributed by atoms with van der Waals surface area (Å²) >= 11 is 3.46. The van der Waals surface area contributed by atoms with E-state index in [-0.39, 0.29) is 5.41 Å². The summed E-state index contributed by atoms with van der Waals surface area (Å²) in [6.07, 6.45) is 6.99. The van der Waals surface area contributed by atoms with Gasteiger partial charge >= 0.3 is 0 Å². The molecule has 3 aromatic rings. The smallest absolute Gasteiger partial charge is 0.122 e. The van der Waals surface area contributed by atoms with Crippen LogP contribution in [0.2, 0.25) is 0 Å². The Morgan fingerprint density at radius 3 is 2.72 bits per heavy atom. The van der Waals surface area contributed by atoms with Crippen molar-refractivity contribution in [2.75, 3.05) is 13.7 Å². The number of methoxy groups -OCH3 is 1. The lowest BCUT2D eigenvalue weighted by atomic mass is 9.98. The molecule has 0 saturated heterocycles. The van der Waals surface area contributed by atoms with Gasteiger partial charge in [-0.1, -0.05) is 36.1 Å². The minimum Gasteiger partial charge on any atom is -0.488 e. The zero-order chi connectivity index (χ0) is 22.8. The van der Waals surface area contributed by atoms with Crippen LogP contribution in [0, 0.1) is 17.3 Å². The molecule has 0 radical (unpaired) electrons. The summed E-state index contributed by atoms with van der Waals surface area (Å²) in [5.41, 5.74) is 4.85. The van der Waals surface area contributed by atoms with E-state index in [1.807, 2.05) is 18.2 Å². The molecule has 0 aliphatic heterocycles. The molecule has 0 fully saturated rings. The van der Waals surface area contributed by atoms with E-state index in [2.05, 4.69) is 85.2 Å². The molecule has 4 heteroatoms. The predicted octanol–water partition coefficient (Wildman–Crippen LogP) is 8.08. The molecule has 0 aliphatic carbocycles. The summed E-state index contributed by atoms with van der Waals surface area (Å²) in [6.45, 7) is 7.49. The number of ether oxygens (including phenoxy) is 2. The predicted molar refractivity (Wildman–Crippen MR) is 139 cm³/mol. The lowest BCUT2D eigenvalue weighted by molar-refractivity contribution is 0.225. The molecule has 0 N–H and O–H groups in total. The van der Waals surface area contributed by atoms with Crippen molar-refractivity contribution in [1.82, 2.24) is 0 Å². The van der Waals surface area contributed by atoms with Crippen LogP contribution in [0.3, 0.4) is 0 Å². The molecular weight excluding hydrogens is 432 g/mol. The molecule has 0 aliphatic rings. The van der Waals surface area contributed by atoms with Crippen LogP contribution in [0.1, 0.15) is 37.6 Å². The van der Waals surface area contributed by atoms with Crippen LogP contribution < -0.4 is 4.74 Å². The van der Waals surface area contributed by atoms with Gasteiger partial charge in [-0.2, -0.15) is 11.3 Å². The van der Waals surface area contributed by atoms with Crippen LogP contribution in [-0.2, 0) is 11.3 Å². The Labute approximate surface area is 200 Å². The SMILES string of the molecule is COC/C(=C/c1cccc(OCc2cc(-c3ccsc3)cs2)c1)C/C=C/C#CC(C)(C)C. The van der Waals surface area contributed by atoms with E-state index in [4.69, 9.17) is 9.47 Å². The van der Waals surface area contributed by atoms with Crippen LogP contribution in [0.5, 0.6) is 5.75 Å². The summed E-state index contributed by atoms with van der Waals surface area (Å²) in [6, 6.07) is 12.6. The Kier molecular flexibility index (Phi) is 8.93. The Balaban J connectivity index is 1.62. The van der Waals surface area contributed by atoms with Crippen LogP contribution in [0.15, 0.2) is 70.3 Å². The lowest BCUT2D eigenvalue weighted by Crippen LogP contribution is -1.98. The van der Waals surface area contributed by atoms with Crippen molar-refractivity contribution in [2.45, 2.75) is 33.8 Å². The van der Waals surface area contributed by atoms with Gasteiger partial charge in [0.25, 0.3) is 0 Å². The molecule has 0 spiro atoms. The Morgan fingerprint density at radius 2 is 1.97 bits per heavy atom. The monoisotopic (exact) mass is 462 g/mol. The highest BCUT2D eigenvalue weighted by atomic mass is 32.1. The highest BCUT2D eigenvalue weighted by Gasteiger charge is 2.05. The maximum Gasteiger partial charge on any atom is 0.122 e. The van der Waals surface area contributed by atoms with Gasteiger partial charge in [0.2, 0.25) is 0 Å². The average molecular weight is 463 g/mol. The van der Waals surface area contributed by atoms with Crippen LogP contribution in [-0.4, -0.2) is 13.7 Å². The number of benzene rings is 1. The zero-order valence-electron chi connectivity index (χ0n) is 19.2. The first kappa shape index (κ1) is 24.1. The van der Waals surface area contributed by atoms with Gasteiger partial charge < -0.3 is 9.47 Å². The van der Waals surface area contributed by atoms with E-state index in [0.29, 0.717) is 13.2 Å². The van der Waals surface area contributed by atoms with E-state index in [1.165, 1.54) is 21.6 Å². The highest BCUT2D eigenvalue weighted by molar-refractivity contribution is 7.10. The minimum atomic E-state index is 0.0184. The molecule has 0 saturated carbocycles. The number of allylic oxidation sites excluding steroid dienone is 2. The minimum absolute atomic E-state index is 0.0184. The summed E-state index contributed by atoms with van der Waals surface area (Å²) < 4.78 is 11.5. The summed E-state index contributed by atoms with van der Waals surface area (Å²) in [4.78, 5) is 1.22. The summed E-state index contributed by atoms with van der Waals surface area (Å²) in [5.74, 6) is 7.21. The van der Waals surface area contributed by atoms with Crippen molar-refractivity contribution < 1.29 is 9.47 Å². The van der Waals surface area contributed by atoms with Crippen LogP contribution in [0.25, 0.3) is 17.2 Å². The van der Waals surface area contributed by atoms with E-state index in [1.54, 1.807) is 29.8 Å². The molecule has 32 heavy (non-hydrogen) atoms. The Bertz CT molecular complexity index is 1100. The van der Waals surface area contributed by atoms with E-state index < -0.39 is 0 Å². The Morgan fingerprint density at radius 1 is 1.09 bits per heavy atom. The molecule has 3 rings (SSSR count). The van der Waals surface area contributed by atoms with Gasteiger partial charge in [0.15, 0.2) is 0 Å². The first-order valence-electron chi connectivity index (χ1n) is 10.6.